The summed E-state index contributed by atoms with van der Waals surface area (Å²) < 4.78 is 0. The van der Waals surface area contributed by atoms with Gasteiger partial charge in [0.25, 0.3) is 5.91 Å². The van der Waals surface area contributed by atoms with Crippen molar-refractivity contribution in [3.63, 3.8) is 0 Å². The number of piperidine rings is 1. The van der Waals surface area contributed by atoms with Crippen LogP contribution in [0.1, 0.15) is 80.6 Å². The zero-order valence-electron chi connectivity index (χ0n) is 19.0. The third-order valence-electron chi connectivity index (χ3n) is 6.76. The Morgan fingerprint density at radius 3 is 2.26 bits per heavy atom. The molecule has 2 aliphatic rings. The molecule has 3 amide bonds. The SMILES string of the molecule is CCCCC(=O)N1CCC(C(=O)N[C@@H]2CCCC[C@H]2NC(=O)c2ccccc2C)CC1. The van der Waals surface area contributed by atoms with Gasteiger partial charge in [-0.3, -0.25) is 14.4 Å². The van der Waals surface area contributed by atoms with E-state index in [0.29, 0.717) is 25.1 Å². The van der Waals surface area contributed by atoms with Gasteiger partial charge < -0.3 is 15.5 Å². The molecule has 1 saturated heterocycles. The highest BCUT2D eigenvalue weighted by atomic mass is 16.2. The predicted octanol–water partition coefficient (Wildman–Crippen LogP) is 3.58. The second-order valence-corrected chi connectivity index (χ2v) is 9.05. The topological polar surface area (TPSA) is 78.5 Å². The number of hydrogen-bond acceptors (Lipinski definition) is 3. The second kappa shape index (κ2) is 11.3. The van der Waals surface area contributed by atoms with Crippen LogP contribution in [0, 0.1) is 12.8 Å². The van der Waals surface area contributed by atoms with Gasteiger partial charge in [-0.05, 0) is 50.7 Å². The van der Waals surface area contributed by atoms with E-state index in [1.54, 1.807) is 0 Å². The van der Waals surface area contributed by atoms with Crippen LogP contribution in [0.4, 0.5) is 0 Å². The predicted molar refractivity (Wildman–Crippen MR) is 122 cm³/mol. The smallest absolute Gasteiger partial charge is 0.251 e. The number of rotatable bonds is 7. The van der Waals surface area contributed by atoms with E-state index in [4.69, 9.17) is 0 Å². The summed E-state index contributed by atoms with van der Waals surface area (Å²) in [5, 5.41) is 6.40. The van der Waals surface area contributed by atoms with Gasteiger partial charge in [0.1, 0.15) is 0 Å². The number of amides is 3. The Kier molecular flexibility index (Phi) is 8.50. The highest BCUT2D eigenvalue weighted by Gasteiger charge is 2.32. The van der Waals surface area contributed by atoms with Crippen molar-refractivity contribution in [3.05, 3.63) is 35.4 Å². The van der Waals surface area contributed by atoms with Crippen molar-refractivity contribution in [2.45, 2.75) is 83.7 Å². The van der Waals surface area contributed by atoms with Gasteiger partial charge in [0.15, 0.2) is 0 Å². The third kappa shape index (κ3) is 6.31. The largest absolute Gasteiger partial charge is 0.351 e. The van der Waals surface area contributed by atoms with Crippen LogP contribution in [0.5, 0.6) is 0 Å². The van der Waals surface area contributed by atoms with Gasteiger partial charge in [-0.25, -0.2) is 0 Å². The molecule has 0 radical (unpaired) electrons. The number of likely N-dealkylation sites (tertiary alicyclic amines) is 1. The van der Waals surface area contributed by atoms with E-state index in [0.717, 1.165) is 56.9 Å². The van der Waals surface area contributed by atoms with Crippen molar-refractivity contribution in [3.8, 4) is 0 Å². The van der Waals surface area contributed by atoms with Gasteiger partial charge >= 0.3 is 0 Å². The van der Waals surface area contributed by atoms with E-state index in [1.165, 1.54) is 0 Å². The van der Waals surface area contributed by atoms with Crippen molar-refractivity contribution in [1.82, 2.24) is 15.5 Å². The zero-order chi connectivity index (χ0) is 22.2. The molecule has 2 N–H and O–H groups in total. The van der Waals surface area contributed by atoms with Crippen LogP contribution < -0.4 is 10.6 Å². The normalized spacial score (nSPS) is 22.1. The van der Waals surface area contributed by atoms with Crippen LogP contribution in [0.25, 0.3) is 0 Å². The molecule has 6 nitrogen and oxygen atoms in total. The molecule has 0 aromatic heterocycles. The van der Waals surface area contributed by atoms with E-state index >= 15 is 0 Å². The molecule has 31 heavy (non-hydrogen) atoms. The van der Waals surface area contributed by atoms with Gasteiger partial charge in [0.05, 0.1) is 0 Å². The molecular formula is C25H37N3O3. The Morgan fingerprint density at radius 2 is 1.61 bits per heavy atom. The van der Waals surface area contributed by atoms with Gasteiger partial charge in [-0.2, -0.15) is 0 Å². The molecule has 2 atom stereocenters. The summed E-state index contributed by atoms with van der Waals surface area (Å²) in [6.45, 7) is 5.36. The number of carbonyl (C=O) groups is 3. The van der Waals surface area contributed by atoms with Crippen molar-refractivity contribution in [2.75, 3.05) is 13.1 Å². The molecule has 1 saturated carbocycles. The Balaban J connectivity index is 1.52. The summed E-state index contributed by atoms with van der Waals surface area (Å²) in [6.07, 6.45) is 7.89. The molecule has 2 fully saturated rings. The van der Waals surface area contributed by atoms with Crippen molar-refractivity contribution < 1.29 is 14.4 Å². The quantitative estimate of drug-likeness (QED) is 0.698. The van der Waals surface area contributed by atoms with Crippen molar-refractivity contribution >= 4 is 17.7 Å². The van der Waals surface area contributed by atoms with Gasteiger partial charge in [0, 0.05) is 43.1 Å². The first kappa shape index (κ1) is 23.3. The van der Waals surface area contributed by atoms with Crippen LogP contribution >= 0.6 is 0 Å². The zero-order valence-corrected chi connectivity index (χ0v) is 19.0. The fourth-order valence-electron chi connectivity index (χ4n) is 4.73. The maximum absolute atomic E-state index is 12.9. The lowest BCUT2D eigenvalue weighted by Crippen LogP contribution is -2.55. The average molecular weight is 428 g/mol. The molecule has 1 aromatic carbocycles. The lowest BCUT2D eigenvalue weighted by molar-refractivity contribution is -0.136. The van der Waals surface area contributed by atoms with Crippen LogP contribution in [0.3, 0.4) is 0 Å². The van der Waals surface area contributed by atoms with Gasteiger partial charge in [-0.15, -0.1) is 0 Å². The summed E-state index contributed by atoms with van der Waals surface area (Å²) in [6, 6.07) is 7.52. The molecule has 170 valence electrons. The Bertz CT molecular complexity index is 771. The molecule has 0 spiro atoms. The number of benzene rings is 1. The molecule has 1 heterocycles. The van der Waals surface area contributed by atoms with E-state index < -0.39 is 0 Å². The van der Waals surface area contributed by atoms with Gasteiger partial charge in [0.2, 0.25) is 11.8 Å². The minimum atomic E-state index is -0.0665. The average Bonchev–Trinajstić information content (AvgIpc) is 2.79. The first-order chi connectivity index (χ1) is 15.0. The fraction of sp³-hybridized carbons (Fsp3) is 0.640. The van der Waals surface area contributed by atoms with Crippen LogP contribution in [-0.4, -0.2) is 47.8 Å². The van der Waals surface area contributed by atoms with Crippen molar-refractivity contribution in [2.24, 2.45) is 5.92 Å². The maximum Gasteiger partial charge on any atom is 0.251 e. The highest BCUT2D eigenvalue weighted by molar-refractivity contribution is 5.95. The Labute approximate surface area is 186 Å². The summed E-state index contributed by atoms with van der Waals surface area (Å²) in [4.78, 5) is 39.9. The number of aryl methyl sites for hydroxylation is 1. The number of nitrogens with one attached hydrogen (secondary N) is 2. The standard InChI is InChI=1S/C25H37N3O3/c1-3-4-13-23(29)28-16-14-19(15-17-28)24(30)26-21-11-7-8-12-22(21)27-25(31)20-10-6-5-9-18(20)2/h5-6,9-10,19,21-22H,3-4,7-8,11-17H2,1-2H3,(H,26,30)(H,27,31)/t21-,22-/m1/s1. The second-order valence-electron chi connectivity index (χ2n) is 9.05. The molecule has 6 heteroatoms. The molecule has 1 aliphatic heterocycles. The van der Waals surface area contributed by atoms with E-state index in [2.05, 4.69) is 17.6 Å². The molecule has 0 bridgehead atoms. The Morgan fingerprint density at radius 1 is 0.968 bits per heavy atom. The van der Waals surface area contributed by atoms with Crippen LogP contribution in [0.2, 0.25) is 0 Å². The van der Waals surface area contributed by atoms with E-state index in [1.807, 2.05) is 36.1 Å². The Hall–Kier alpha value is -2.37. The molecule has 3 rings (SSSR count). The van der Waals surface area contributed by atoms with E-state index in [-0.39, 0.29) is 35.7 Å². The number of carbonyl (C=O) groups excluding carboxylic acids is 3. The molecular weight excluding hydrogens is 390 g/mol. The highest BCUT2D eigenvalue weighted by Crippen LogP contribution is 2.23. The fourth-order valence-corrected chi connectivity index (χ4v) is 4.73. The molecule has 1 aliphatic carbocycles. The first-order valence-electron chi connectivity index (χ1n) is 11.9. The van der Waals surface area contributed by atoms with Crippen LogP contribution in [0.15, 0.2) is 24.3 Å². The summed E-state index contributed by atoms with van der Waals surface area (Å²) in [7, 11) is 0. The minimum Gasteiger partial charge on any atom is -0.351 e. The summed E-state index contributed by atoms with van der Waals surface area (Å²) in [5.74, 6) is 0.169. The molecule has 1 aromatic rings. The van der Waals surface area contributed by atoms with E-state index in [9.17, 15) is 14.4 Å². The lowest BCUT2D eigenvalue weighted by atomic mass is 9.88. The monoisotopic (exact) mass is 427 g/mol. The maximum atomic E-state index is 12.9. The van der Waals surface area contributed by atoms with Gasteiger partial charge in [-0.1, -0.05) is 44.4 Å². The number of nitrogens with zero attached hydrogens (tertiary/aromatic N) is 1. The molecule has 0 unspecified atom stereocenters. The lowest BCUT2D eigenvalue weighted by Gasteiger charge is -2.36. The number of hydrogen-bond donors (Lipinski definition) is 2. The third-order valence-corrected chi connectivity index (χ3v) is 6.76. The van der Waals surface area contributed by atoms with Crippen LogP contribution in [-0.2, 0) is 9.59 Å². The minimum absolute atomic E-state index is 0.0292. The summed E-state index contributed by atoms with van der Waals surface area (Å²) >= 11 is 0. The van der Waals surface area contributed by atoms with Crippen molar-refractivity contribution in [1.29, 1.82) is 0 Å². The summed E-state index contributed by atoms with van der Waals surface area (Å²) in [5.41, 5.74) is 1.65. The number of unbranched alkanes of at least 4 members (excludes halogenated alkanes) is 1. The first-order valence-corrected chi connectivity index (χ1v) is 11.9.